The summed E-state index contributed by atoms with van der Waals surface area (Å²) in [5.41, 5.74) is 2.16. The number of aryl methyl sites for hydroxylation is 2. The van der Waals surface area contributed by atoms with Gasteiger partial charge < -0.3 is 26.1 Å². The first-order valence-electron chi connectivity index (χ1n) is 8.73. The van der Waals surface area contributed by atoms with E-state index < -0.39 is 7.25 Å². The fraction of sp³-hybridized carbons (Fsp3) is 0.0952. The van der Waals surface area contributed by atoms with Crippen LogP contribution in [-0.4, -0.2) is 7.25 Å². The zero-order chi connectivity index (χ0) is 21.0. The zero-order valence-corrected chi connectivity index (χ0v) is 15.7. The van der Waals surface area contributed by atoms with Gasteiger partial charge in [-0.25, -0.2) is 0 Å². The smallest absolute Gasteiger partial charge is 0.452 e. The fourth-order valence-electron chi connectivity index (χ4n) is 2.68. The summed E-state index contributed by atoms with van der Waals surface area (Å²) in [4.78, 5) is 0. The summed E-state index contributed by atoms with van der Waals surface area (Å²) in [6.07, 6.45) is 0. The molecule has 8 heteroatoms. The molecule has 0 saturated heterocycles. The average Bonchev–Trinajstić information content (AvgIpc) is 3.29. The van der Waals surface area contributed by atoms with Crippen molar-refractivity contribution in [2.75, 3.05) is 0 Å². The van der Waals surface area contributed by atoms with Crippen LogP contribution in [0.2, 0.25) is 0 Å². The predicted molar refractivity (Wildman–Crippen MR) is 104 cm³/mol. The van der Waals surface area contributed by atoms with Crippen LogP contribution in [0.15, 0.2) is 80.0 Å². The first-order valence-corrected chi connectivity index (χ1v) is 8.73. The fourth-order valence-corrected chi connectivity index (χ4v) is 2.68. The van der Waals surface area contributed by atoms with Crippen LogP contribution in [0.25, 0.3) is 34.2 Å². The minimum atomic E-state index is -6.00. The number of halogens is 4. The second-order valence-corrected chi connectivity index (χ2v) is 6.26. The maximum Gasteiger partial charge on any atom is 0.673 e. The van der Waals surface area contributed by atoms with Gasteiger partial charge in [-0.2, -0.15) is 4.42 Å². The van der Waals surface area contributed by atoms with E-state index in [0.717, 1.165) is 22.6 Å². The molecule has 4 aromatic rings. The third-order valence-corrected chi connectivity index (χ3v) is 3.87. The van der Waals surface area contributed by atoms with Crippen molar-refractivity contribution in [1.29, 1.82) is 0 Å². The van der Waals surface area contributed by atoms with Crippen LogP contribution in [0.5, 0.6) is 0 Å². The molecule has 0 atom stereocenters. The number of hydrogen-bond acceptors (Lipinski definition) is 2. The van der Waals surface area contributed by atoms with Gasteiger partial charge in [-0.05, 0) is 43.7 Å². The largest absolute Gasteiger partial charge is 0.673 e. The van der Waals surface area contributed by atoms with Crippen LogP contribution >= 0.6 is 0 Å². The third kappa shape index (κ3) is 5.84. The summed E-state index contributed by atoms with van der Waals surface area (Å²) >= 11 is 0. The monoisotopic (exact) mass is 404 g/mol. The summed E-state index contributed by atoms with van der Waals surface area (Å²) in [7, 11) is -6.00. The maximum atomic E-state index is 9.75. The number of rotatable bonds is 3. The van der Waals surface area contributed by atoms with Crippen LogP contribution in [0.3, 0.4) is 0 Å². The molecule has 0 radical (unpaired) electrons. The van der Waals surface area contributed by atoms with Gasteiger partial charge in [0, 0.05) is 5.56 Å². The highest BCUT2D eigenvalue weighted by Gasteiger charge is 2.24. The predicted octanol–water partition coefficient (Wildman–Crippen LogP) is 7.66. The van der Waals surface area contributed by atoms with Gasteiger partial charge >= 0.3 is 18.8 Å². The van der Waals surface area contributed by atoms with Crippen molar-refractivity contribution in [3.05, 3.63) is 78.3 Å². The minimum Gasteiger partial charge on any atom is -0.452 e. The highest BCUT2D eigenvalue weighted by Crippen LogP contribution is 2.34. The molecular formula is C21H17BF4O3. The standard InChI is InChI=1S/C21H17O3.BF4/c1-14-8-10-18(22-14)20-12-17(16-6-4-3-5-7-16)13-21(24-20)19-11-9-15(2)23-19;2-1(3,4)5/h3-13H,1-2H3;/q+1;-1. The molecule has 0 aliphatic carbocycles. The van der Waals surface area contributed by atoms with Crippen molar-refractivity contribution in [3.8, 4) is 34.2 Å². The second-order valence-electron chi connectivity index (χ2n) is 6.26. The van der Waals surface area contributed by atoms with Crippen LogP contribution in [0, 0.1) is 13.8 Å². The van der Waals surface area contributed by atoms with Gasteiger partial charge in [-0.3, -0.25) is 0 Å². The van der Waals surface area contributed by atoms with Crippen molar-refractivity contribution in [3.63, 3.8) is 0 Å². The molecule has 0 N–H and O–H groups in total. The van der Waals surface area contributed by atoms with Crippen molar-refractivity contribution in [2.24, 2.45) is 0 Å². The Labute approximate surface area is 164 Å². The summed E-state index contributed by atoms with van der Waals surface area (Å²) in [6, 6.07) is 21.9. The lowest BCUT2D eigenvalue weighted by Crippen LogP contribution is -2.02. The Morgan fingerprint density at radius 3 is 1.48 bits per heavy atom. The van der Waals surface area contributed by atoms with E-state index in [2.05, 4.69) is 12.1 Å². The Bertz CT molecular complexity index is 1020. The Kier molecular flexibility index (Phi) is 5.91. The van der Waals surface area contributed by atoms with Crippen molar-refractivity contribution in [1.82, 2.24) is 0 Å². The summed E-state index contributed by atoms with van der Waals surface area (Å²) in [5.74, 6) is 4.45. The van der Waals surface area contributed by atoms with Gasteiger partial charge in [0.05, 0.1) is 12.1 Å². The quantitative estimate of drug-likeness (QED) is 0.200. The molecule has 0 amide bonds. The highest BCUT2D eigenvalue weighted by atomic mass is 19.5. The molecule has 0 fully saturated rings. The topological polar surface area (TPSA) is 37.6 Å². The Hall–Kier alpha value is -3.29. The van der Waals surface area contributed by atoms with Gasteiger partial charge in [-0.1, -0.05) is 30.3 Å². The molecule has 4 rings (SSSR count). The van der Waals surface area contributed by atoms with Crippen LogP contribution in [-0.2, 0) is 0 Å². The molecule has 0 spiro atoms. The SMILES string of the molecule is Cc1ccc(-c2cc(-c3ccccc3)cc(-c3ccc(C)o3)[o+]2)o1.F[B-](F)(F)F. The van der Waals surface area contributed by atoms with E-state index in [9.17, 15) is 17.3 Å². The molecule has 0 saturated carbocycles. The Balaban J connectivity index is 0.000000431. The van der Waals surface area contributed by atoms with Gasteiger partial charge in [0.25, 0.3) is 0 Å². The molecular weight excluding hydrogens is 387 g/mol. The molecule has 0 unspecified atom stereocenters. The normalized spacial score (nSPS) is 11.1. The lowest BCUT2D eigenvalue weighted by Gasteiger charge is -2.00. The van der Waals surface area contributed by atoms with Crippen molar-refractivity contribution < 1.29 is 30.5 Å². The van der Waals surface area contributed by atoms with Crippen LogP contribution < -0.4 is 0 Å². The van der Waals surface area contributed by atoms with E-state index in [1.54, 1.807) is 0 Å². The molecule has 3 nitrogen and oxygen atoms in total. The van der Waals surface area contributed by atoms with E-state index in [0.29, 0.717) is 23.0 Å². The molecule has 3 heterocycles. The van der Waals surface area contributed by atoms with E-state index >= 15 is 0 Å². The van der Waals surface area contributed by atoms with Crippen molar-refractivity contribution in [2.45, 2.75) is 13.8 Å². The maximum absolute atomic E-state index is 9.75. The Morgan fingerprint density at radius 2 is 1.10 bits per heavy atom. The zero-order valence-electron chi connectivity index (χ0n) is 15.7. The molecule has 0 bridgehead atoms. The molecule has 3 aromatic heterocycles. The summed E-state index contributed by atoms with van der Waals surface area (Å²) in [6.45, 7) is 3.84. The van der Waals surface area contributed by atoms with Gasteiger partial charge in [0.15, 0.2) is 0 Å². The van der Waals surface area contributed by atoms with Crippen LogP contribution in [0.1, 0.15) is 11.5 Å². The molecule has 150 valence electrons. The number of benzene rings is 1. The number of furan rings is 2. The van der Waals surface area contributed by atoms with Gasteiger partial charge in [-0.15, -0.1) is 0 Å². The highest BCUT2D eigenvalue weighted by molar-refractivity contribution is 6.50. The lowest BCUT2D eigenvalue weighted by atomic mass is 10.0. The first-order chi connectivity index (χ1) is 13.7. The van der Waals surface area contributed by atoms with E-state index in [1.165, 1.54) is 0 Å². The Morgan fingerprint density at radius 1 is 0.655 bits per heavy atom. The summed E-state index contributed by atoms with van der Waals surface area (Å²) < 4.78 is 56.5. The van der Waals surface area contributed by atoms with Gasteiger partial charge in [0.1, 0.15) is 11.5 Å². The average molecular weight is 404 g/mol. The number of hydrogen-bond donors (Lipinski definition) is 0. The molecule has 29 heavy (non-hydrogen) atoms. The lowest BCUT2D eigenvalue weighted by molar-refractivity contribution is 0.368. The van der Waals surface area contributed by atoms with Gasteiger partial charge in [0.2, 0.25) is 11.5 Å². The molecule has 1 aromatic carbocycles. The van der Waals surface area contributed by atoms with Crippen molar-refractivity contribution >= 4 is 7.25 Å². The first kappa shape index (κ1) is 20.4. The molecule has 0 aliphatic rings. The molecule has 0 aliphatic heterocycles. The third-order valence-electron chi connectivity index (χ3n) is 3.87. The minimum absolute atomic E-state index is 0.675. The van der Waals surface area contributed by atoms with Crippen LogP contribution in [0.4, 0.5) is 17.3 Å². The second kappa shape index (κ2) is 8.38. The van der Waals surface area contributed by atoms with E-state index in [-0.39, 0.29) is 0 Å². The summed E-state index contributed by atoms with van der Waals surface area (Å²) in [5, 5.41) is 0. The van der Waals surface area contributed by atoms with E-state index in [4.69, 9.17) is 13.3 Å². The van der Waals surface area contributed by atoms with E-state index in [1.807, 2.05) is 68.4 Å².